The van der Waals surface area contributed by atoms with Crippen LogP contribution in [0.4, 0.5) is 11.4 Å². The van der Waals surface area contributed by atoms with Gasteiger partial charge in [-0.15, -0.1) is 0 Å². The number of benzene rings is 5. The van der Waals surface area contributed by atoms with Gasteiger partial charge in [0.2, 0.25) is 0 Å². The quantitative estimate of drug-likeness (QED) is 0.199. The number of fused-ring (bicyclic) bond motifs is 11. The third kappa shape index (κ3) is 3.49. The van der Waals surface area contributed by atoms with E-state index in [9.17, 15) is 0 Å². The first-order chi connectivity index (χ1) is 23.8. The summed E-state index contributed by atoms with van der Waals surface area (Å²) in [6, 6.07) is 48.2. The summed E-state index contributed by atoms with van der Waals surface area (Å²) >= 11 is 0. The average molecular weight is 613 g/mol. The fourth-order valence-corrected chi connectivity index (χ4v) is 8.54. The van der Waals surface area contributed by atoms with E-state index in [2.05, 4.69) is 137 Å². The van der Waals surface area contributed by atoms with E-state index >= 15 is 0 Å². The Balaban J connectivity index is 1.15. The van der Waals surface area contributed by atoms with Crippen molar-refractivity contribution >= 4 is 55.5 Å². The Morgan fingerprint density at radius 1 is 0.583 bits per heavy atom. The molecule has 5 aromatic carbocycles. The van der Waals surface area contributed by atoms with Crippen LogP contribution in [-0.4, -0.2) is 14.4 Å². The predicted molar refractivity (Wildman–Crippen MR) is 197 cm³/mol. The molecule has 1 aliphatic heterocycles. The van der Waals surface area contributed by atoms with Crippen LogP contribution in [0.15, 0.2) is 152 Å². The Morgan fingerprint density at radius 3 is 2.08 bits per heavy atom. The third-order valence-corrected chi connectivity index (χ3v) is 10.5. The summed E-state index contributed by atoms with van der Waals surface area (Å²) in [6.07, 6.45) is 7.12. The van der Waals surface area contributed by atoms with Crippen LogP contribution in [0.2, 0.25) is 0 Å². The van der Waals surface area contributed by atoms with E-state index in [-0.39, 0.29) is 5.92 Å². The molecule has 4 aromatic heterocycles. The van der Waals surface area contributed by atoms with Gasteiger partial charge >= 0.3 is 0 Å². The van der Waals surface area contributed by atoms with Crippen LogP contribution in [0.1, 0.15) is 22.6 Å². The Labute approximate surface area is 277 Å². The summed E-state index contributed by atoms with van der Waals surface area (Å²) in [5, 5.41) is 5.38. The molecule has 11 rings (SSSR count). The highest BCUT2D eigenvalue weighted by atomic mass is 15.2. The zero-order chi connectivity index (χ0) is 31.3. The second kappa shape index (κ2) is 9.63. The second-order valence-electron chi connectivity index (χ2n) is 13.0. The number of pyridine rings is 2. The third-order valence-electron chi connectivity index (χ3n) is 10.5. The van der Waals surface area contributed by atoms with Crippen molar-refractivity contribution in [2.75, 3.05) is 4.90 Å². The highest BCUT2D eigenvalue weighted by Crippen LogP contribution is 2.54. The maximum atomic E-state index is 4.73. The lowest BCUT2D eigenvalue weighted by molar-refractivity contribution is 0.804. The molecule has 0 fully saturated rings. The van der Waals surface area contributed by atoms with Crippen molar-refractivity contribution in [3.05, 3.63) is 168 Å². The fraction of sp³-hybridized carbons (Fsp3) is 0.0455. The first kappa shape index (κ1) is 25.9. The van der Waals surface area contributed by atoms with Gasteiger partial charge in [0.1, 0.15) is 0 Å². The van der Waals surface area contributed by atoms with Gasteiger partial charge in [0.05, 0.1) is 27.9 Å². The first-order valence-electron chi connectivity index (χ1n) is 16.6. The van der Waals surface area contributed by atoms with Crippen LogP contribution in [0.25, 0.3) is 66.7 Å². The molecule has 0 N–H and O–H groups in total. The minimum atomic E-state index is 0.243. The minimum absolute atomic E-state index is 0.243. The standard InChI is InChI=1S/C44H28N4/c1-4-17-40-31(10-1)33-12-9-13-34-43-35-26-36-32-11-2-3-16-39(32)47(42(36)25-27(35)18-19-41(43)48(40)44(33)34)30-23-28(37-14-5-7-20-45-37)22-29(24-30)38-15-6-8-21-46-38/h1-25,36H,26H2. The van der Waals surface area contributed by atoms with E-state index in [4.69, 9.17) is 9.97 Å². The molecule has 4 nitrogen and oxygen atoms in total. The van der Waals surface area contributed by atoms with Gasteiger partial charge in [0, 0.05) is 68.1 Å². The Bertz CT molecular complexity index is 2700. The molecule has 0 bridgehead atoms. The van der Waals surface area contributed by atoms with Gasteiger partial charge in [-0.2, -0.15) is 0 Å². The predicted octanol–water partition coefficient (Wildman–Crippen LogP) is 10.8. The number of para-hydroxylation sites is 3. The van der Waals surface area contributed by atoms with Crippen molar-refractivity contribution in [2.24, 2.45) is 0 Å². The first-order valence-corrected chi connectivity index (χ1v) is 16.6. The number of aromatic nitrogens is 3. The maximum absolute atomic E-state index is 4.73. The molecular formula is C44H28N4. The van der Waals surface area contributed by atoms with Gasteiger partial charge in [-0.25, -0.2) is 0 Å². The number of nitrogens with zero attached hydrogens (tertiary/aromatic N) is 4. The average Bonchev–Trinajstić information content (AvgIpc) is 3.79. The molecule has 0 amide bonds. The second-order valence-corrected chi connectivity index (χ2v) is 13.0. The summed E-state index contributed by atoms with van der Waals surface area (Å²) in [5.41, 5.74) is 15.7. The Morgan fingerprint density at radius 2 is 1.29 bits per heavy atom. The molecule has 0 radical (unpaired) electrons. The molecule has 5 heterocycles. The van der Waals surface area contributed by atoms with Crippen molar-refractivity contribution in [1.82, 2.24) is 14.4 Å². The molecule has 1 aliphatic carbocycles. The van der Waals surface area contributed by atoms with Crippen molar-refractivity contribution in [1.29, 1.82) is 0 Å². The molecule has 224 valence electrons. The van der Waals surface area contributed by atoms with Crippen molar-refractivity contribution in [2.45, 2.75) is 12.3 Å². The van der Waals surface area contributed by atoms with Gasteiger partial charge < -0.3 is 9.30 Å². The van der Waals surface area contributed by atoms with Gasteiger partial charge in [-0.1, -0.05) is 72.8 Å². The number of hydrogen-bond acceptors (Lipinski definition) is 3. The SMILES string of the molecule is C1=C2C(Cc3c1ccc1c3c3cccc4c5ccccc5n1c43)c1ccccc1N2c1cc(-c2ccccn2)cc(-c2ccccn2)c1. The van der Waals surface area contributed by atoms with E-state index in [1.54, 1.807) is 0 Å². The number of anilines is 2. The summed E-state index contributed by atoms with van der Waals surface area (Å²) in [4.78, 5) is 11.9. The lowest BCUT2D eigenvalue weighted by atomic mass is 9.82. The highest BCUT2D eigenvalue weighted by Gasteiger charge is 2.38. The van der Waals surface area contributed by atoms with E-state index < -0.39 is 0 Å². The molecule has 0 saturated heterocycles. The molecule has 9 aromatic rings. The number of hydrogen-bond donors (Lipinski definition) is 0. The molecule has 48 heavy (non-hydrogen) atoms. The lowest BCUT2D eigenvalue weighted by Crippen LogP contribution is -2.18. The largest absolute Gasteiger partial charge is 0.313 e. The molecular weight excluding hydrogens is 585 g/mol. The lowest BCUT2D eigenvalue weighted by Gasteiger charge is -2.28. The smallest absolute Gasteiger partial charge is 0.0702 e. The van der Waals surface area contributed by atoms with E-state index in [1.807, 2.05) is 24.5 Å². The monoisotopic (exact) mass is 612 g/mol. The topological polar surface area (TPSA) is 33.4 Å². The summed E-state index contributed by atoms with van der Waals surface area (Å²) in [6.45, 7) is 0. The van der Waals surface area contributed by atoms with Gasteiger partial charge in [0.25, 0.3) is 0 Å². The number of rotatable bonds is 3. The molecule has 1 unspecified atom stereocenters. The van der Waals surface area contributed by atoms with Crippen LogP contribution in [-0.2, 0) is 6.42 Å². The van der Waals surface area contributed by atoms with Crippen LogP contribution >= 0.6 is 0 Å². The molecule has 1 atom stereocenters. The summed E-state index contributed by atoms with van der Waals surface area (Å²) < 4.78 is 2.49. The molecule has 0 saturated carbocycles. The van der Waals surface area contributed by atoms with Crippen LogP contribution in [0, 0.1) is 0 Å². The number of allylic oxidation sites excluding steroid dienone is 1. The van der Waals surface area contributed by atoms with Gasteiger partial charge in [0.15, 0.2) is 0 Å². The van der Waals surface area contributed by atoms with Crippen molar-refractivity contribution in [3.8, 4) is 22.5 Å². The molecule has 4 heteroatoms. The molecule has 2 aliphatic rings. The van der Waals surface area contributed by atoms with E-state index in [1.165, 1.54) is 66.2 Å². The van der Waals surface area contributed by atoms with E-state index in [0.717, 1.165) is 34.6 Å². The minimum Gasteiger partial charge on any atom is -0.313 e. The van der Waals surface area contributed by atoms with Crippen LogP contribution in [0.3, 0.4) is 0 Å². The van der Waals surface area contributed by atoms with Crippen molar-refractivity contribution < 1.29 is 0 Å². The fourth-order valence-electron chi connectivity index (χ4n) is 8.54. The molecule has 0 spiro atoms. The maximum Gasteiger partial charge on any atom is 0.0702 e. The highest BCUT2D eigenvalue weighted by molar-refractivity contribution is 6.24. The van der Waals surface area contributed by atoms with Crippen LogP contribution < -0.4 is 4.90 Å². The Hall–Kier alpha value is -6.26. The van der Waals surface area contributed by atoms with E-state index in [0.29, 0.717) is 0 Å². The normalized spacial score (nSPS) is 15.3. The van der Waals surface area contributed by atoms with Crippen molar-refractivity contribution in [3.63, 3.8) is 0 Å². The zero-order valence-corrected chi connectivity index (χ0v) is 26.0. The summed E-state index contributed by atoms with van der Waals surface area (Å²) in [5.74, 6) is 0.243. The van der Waals surface area contributed by atoms with Gasteiger partial charge in [-0.05, 0) is 89.9 Å². The summed E-state index contributed by atoms with van der Waals surface area (Å²) in [7, 11) is 0. The van der Waals surface area contributed by atoms with Gasteiger partial charge in [-0.3, -0.25) is 9.97 Å². The Kier molecular flexibility index (Phi) is 5.19. The van der Waals surface area contributed by atoms with Crippen LogP contribution in [0.5, 0.6) is 0 Å². The zero-order valence-electron chi connectivity index (χ0n) is 26.0.